The van der Waals surface area contributed by atoms with Crippen molar-refractivity contribution in [2.75, 3.05) is 13.1 Å². The second-order valence-corrected chi connectivity index (χ2v) is 3.92. The lowest BCUT2D eigenvalue weighted by Gasteiger charge is -2.22. The summed E-state index contributed by atoms with van der Waals surface area (Å²) in [7, 11) is 0. The van der Waals surface area contributed by atoms with Crippen molar-refractivity contribution in [3.8, 4) is 0 Å². The molecule has 0 bridgehead atoms. The summed E-state index contributed by atoms with van der Waals surface area (Å²) >= 11 is 0. The average molecular weight is 169 g/mol. The van der Waals surface area contributed by atoms with Crippen LogP contribution < -0.4 is 0 Å². The van der Waals surface area contributed by atoms with Crippen LogP contribution in [-0.2, 0) is 0 Å². The zero-order valence-electron chi connectivity index (χ0n) is 8.68. The van der Waals surface area contributed by atoms with Gasteiger partial charge in [-0.05, 0) is 32.4 Å². The lowest BCUT2D eigenvalue weighted by atomic mass is 10.1. The third-order valence-electron chi connectivity index (χ3n) is 3.05. The maximum absolute atomic E-state index is 2.65. The van der Waals surface area contributed by atoms with Gasteiger partial charge < -0.3 is 4.90 Å². The van der Waals surface area contributed by atoms with Gasteiger partial charge in [0.25, 0.3) is 0 Å². The maximum Gasteiger partial charge on any atom is 0.00956 e. The molecule has 1 aliphatic heterocycles. The van der Waals surface area contributed by atoms with Crippen LogP contribution in [-0.4, -0.2) is 24.0 Å². The fourth-order valence-electron chi connectivity index (χ4n) is 2.27. The molecule has 1 unspecified atom stereocenters. The third-order valence-corrected chi connectivity index (χ3v) is 3.05. The quantitative estimate of drug-likeness (QED) is 0.572. The van der Waals surface area contributed by atoms with Crippen molar-refractivity contribution >= 4 is 0 Å². The Labute approximate surface area is 77.1 Å². The molecular formula is C11H23N. The first-order valence-corrected chi connectivity index (χ1v) is 5.62. The van der Waals surface area contributed by atoms with Gasteiger partial charge >= 0.3 is 0 Å². The maximum atomic E-state index is 2.65. The molecule has 1 heterocycles. The van der Waals surface area contributed by atoms with E-state index in [0.717, 1.165) is 6.04 Å². The lowest BCUT2D eigenvalue weighted by Crippen LogP contribution is -2.28. The van der Waals surface area contributed by atoms with Crippen molar-refractivity contribution < 1.29 is 0 Å². The van der Waals surface area contributed by atoms with E-state index in [1.54, 1.807) is 0 Å². The van der Waals surface area contributed by atoms with Crippen LogP contribution in [0.2, 0.25) is 0 Å². The Morgan fingerprint density at radius 2 is 2.08 bits per heavy atom. The summed E-state index contributed by atoms with van der Waals surface area (Å²) in [5.74, 6) is 0. The summed E-state index contributed by atoms with van der Waals surface area (Å²) in [6, 6.07) is 0.932. The zero-order valence-corrected chi connectivity index (χ0v) is 8.68. The Bertz CT molecular complexity index is 112. The first-order valence-electron chi connectivity index (χ1n) is 5.62. The molecule has 0 aromatic heterocycles. The molecule has 0 radical (unpaired) electrons. The summed E-state index contributed by atoms with van der Waals surface area (Å²) in [5, 5.41) is 0. The highest BCUT2D eigenvalue weighted by Gasteiger charge is 2.21. The molecule has 1 heteroatoms. The van der Waals surface area contributed by atoms with Crippen molar-refractivity contribution in [3.05, 3.63) is 0 Å². The molecule has 0 aliphatic carbocycles. The first-order chi connectivity index (χ1) is 5.88. The van der Waals surface area contributed by atoms with Crippen LogP contribution in [0.5, 0.6) is 0 Å². The molecule has 0 amide bonds. The number of likely N-dealkylation sites (tertiary alicyclic amines) is 1. The van der Waals surface area contributed by atoms with E-state index in [-0.39, 0.29) is 0 Å². The van der Waals surface area contributed by atoms with Gasteiger partial charge in [-0.1, -0.05) is 33.1 Å². The highest BCUT2D eigenvalue weighted by Crippen LogP contribution is 2.21. The summed E-state index contributed by atoms with van der Waals surface area (Å²) in [6.45, 7) is 7.19. The van der Waals surface area contributed by atoms with Crippen LogP contribution in [0.3, 0.4) is 0 Å². The minimum Gasteiger partial charge on any atom is -0.301 e. The Hall–Kier alpha value is -0.0400. The fourth-order valence-corrected chi connectivity index (χ4v) is 2.27. The first kappa shape index (κ1) is 10.0. The van der Waals surface area contributed by atoms with Gasteiger partial charge in [0.05, 0.1) is 0 Å². The van der Waals surface area contributed by atoms with Crippen molar-refractivity contribution in [1.82, 2.24) is 4.90 Å². The number of unbranched alkanes of at least 4 members (excludes halogenated alkanes) is 2. The van der Waals surface area contributed by atoms with E-state index in [4.69, 9.17) is 0 Å². The standard InChI is InChI=1S/C11H23N/c1-3-5-6-8-11-9-7-10-12(11)4-2/h11H,3-10H2,1-2H3. The topological polar surface area (TPSA) is 3.24 Å². The summed E-state index contributed by atoms with van der Waals surface area (Å²) < 4.78 is 0. The van der Waals surface area contributed by atoms with E-state index in [9.17, 15) is 0 Å². The van der Waals surface area contributed by atoms with Gasteiger partial charge in [0.15, 0.2) is 0 Å². The van der Waals surface area contributed by atoms with Gasteiger partial charge in [-0.15, -0.1) is 0 Å². The molecule has 0 spiro atoms. The molecule has 1 aliphatic rings. The van der Waals surface area contributed by atoms with Gasteiger partial charge in [-0.25, -0.2) is 0 Å². The number of hydrogen-bond acceptors (Lipinski definition) is 1. The van der Waals surface area contributed by atoms with Crippen LogP contribution in [0.25, 0.3) is 0 Å². The molecule has 0 N–H and O–H groups in total. The summed E-state index contributed by atoms with van der Waals surface area (Å²) in [5.41, 5.74) is 0. The highest BCUT2D eigenvalue weighted by atomic mass is 15.2. The number of nitrogens with zero attached hydrogens (tertiary/aromatic N) is 1. The Balaban J connectivity index is 2.12. The number of rotatable bonds is 5. The highest BCUT2D eigenvalue weighted by molar-refractivity contribution is 4.77. The van der Waals surface area contributed by atoms with Gasteiger partial charge in [0, 0.05) is 6.04 Å². The minimum absolute atomic E-state index is 0.932. The van der Waals surface area contributed by atoms with Crippen LogP contribution in [0.1, 0.15) is 52.4 Å². The van der Waals surface area contributed by atoms with E-state index in [1.807, 2.05) is 0 Å². The third kappa shape index (κ3) is 2.78. The smallest absolute Gasteiger partial charge is 0.00956 e. The second-order valence-electron chi connectivity index (χ2n) is 3.92. The molecule has 0 saturated carbocycles. The number of hydrogen-bond donors (Lipinski definition) is 0. The van der Waals surface area contributed by atoms with E-state index in [0.29, 0.717) is 0 Å². The van der Waals surface area contributed by atoms with Gasteiger partial charge in [0.2, 0.25) is 0 Å². The normalized spacial score (nSPS) is 25.0. The predicted molar refractivity (Wildman–Crippen MR) is 54.4 cm³/mol. The molecule has 1 saturated heterocycles. The molecule has 0 aromatic carbocycles. The van der Waals surface area contributed by atoms with Crippen LogP contribution in [0.4, 0.5) is 0 Å². The molecule has 12 heavy (non-hydrogen) atoms. The average Bonchev–Trinajstić information content (AvgIpc) is 2.52. The van der Waals surface area contributed by atoms with Crippen LogP contribution in [0, 0.1) is 0 Å². The Kier molecular flexibility index (Phi) is 4.67. The fraction of sp³-hybridized carbons (Fsp3) is 1.00. The Morgan fingerprint density at radius 1 is 1.25 bits per heavy atom. The van der Waals surface area contributed by atoms with Crippen molar-refractivity contribution in [3.63, 3.8) is 0 Å². The Morgan fingerprint density at radius 3 is 2.75 bits per heavy atom. The monoisotopic (exact) mass is 169 g/mol. The largest absolute Gasteiger partial charge is 0.301 e. The molecule has 72 valence electrons. The molecule has 1 atom stereocenters. The van der Waals surface area contributed by atoms with E-state index in [1.165, 1.54) is 51.6 Å². The zero-order chi connectivity index (χ0) is 8.81. The van der Waals surface area contributed by atoms with E-state index < -0.39 is 0 Å². The van der Waals surface area contributed by atoms with Crippen LogP contribution >= 0.6 is 0 Å². The molecule has 0 aromatic rings. The van der Waals surface area contributed by atoms with Crippen molar-refractivity contribution in [1.29, 1.82) is 0 Å². The summed E-state index contributed by atoms with van der Waals surface area (Å²) in [6.07, 6.45) is 8.56. The van der Waals surface area contributed by atoms with Gasteiger partial charge in [-0.3, -0.25) is 0 Å². The van der Waals surface area contributed by atoms with Crippen LogP contribution in [0.15, 0.2) is 0 Å². The van der Waals surface area contributed by atoms with Gasteiger partial charge in [-0.2, -0.15) is 0 Å². The van der Waals surface area contributed by atoms with Crippen molar-refractivity contribution in [2.45, 2.75) is 58.4 Å². The molecular weight excluding hydrogens is 146 g/mol. The summed E-state index contributed by atoms with van der Waals surface area (Å²) in [4.78, 5) is 2.65. The molecule has 1 rings (SSSR count). The minimum atomic E-state index is 0.932. The van der Waals surface area contributed by atoms with Crippen molar-refractivity contribution in [2.24, 2.45) is 0 Å². The molecule has 1 fully saturated rings. The SMILES string of the molecule is CCCCCC1CCCN1CC. The van der Waals surface area contributed by atoms with E-state index >= 15 is 0 Å². The molecule has 1 nitrogen and oxygen atoms in total. The lowest BCUT2D eigenvalue weighted by molar-refractivity contribution is 0.251. The van der Waals surface area contributed by atoms with E-state index in [2.05, 4.69) is 18.7 Å². The second kappa shape index (κ2) is 5.58. The predicted octanol–water partition coefficient (Wildman–Crippen LogP) is 3.05. The van der Waals surface area contributed by atoms with Gasteiger partial charge in [0.1, 0.15) is 0 Å².